The van der Waals surface area contributed by atoms with Crippen molar-refractivity contribution >= 4 is 11.9 Å². The van der Waals surface area contributed by atoms with Gasteiger partial charge in [0.1, 0.15) is 0 Å². The van der Waals surface area contributed by atoms with Gasteiger partial charge in [0.05, 0.1) is 11.9 Å². The second-order valence-electron chi connectivity index (χ2n) is 2.15. The molecule has 0 atom stereocenters. The zero-order valence-electron chi connectivity index (χ0n) is 7.94. The Hall–Kier alpha value is 0.394. The fourth-order valence-corrected chi connectivity index (χ4v) is 0.742. The first-order valence-corrected chi connectivity index (χ1v) is 3.14. The number of carbonyl (C=O) groups is 2. The molecule has 0 saturated heterocycles. The van der Waals surface area contributed by atoms with Crippen LogP contribution in [0.4, 0.5) is 0 Å². The van der Waals surface area contributed by atoms with Crippen LogP contribution in [-0.2, 0) is 0 Å². The number of hydrogen-bond donors (Lipinski definition) is 0. The van der Waals surface area contributed by atoms with Gasteiger partial charge in [-0.2, -0.15) is 0 Å². The van der Waals surface area contributed by atoms with Crippen molar-refractivity contribution < 1.29 is 90.0 Å². The third kappa shape index (κ3) is 4.76. The van der Waals surface area contributed by atoms with Gasteiger partial charge in [0.15, 0.2) is 0 Å². The van der Waals surface area contributed by atoms with Gasteiger partial charge in [-0.25, -0.2) is 0 Å². The molecule has 6 heteroatoms. The number of aromatic carboxylic acids is 2. The van der Waals surface area contributed by atoms with Crippen LogP contribution in [0.1, 0.15) is 20.7 Å². The smallest absolute Gasteiger partial charge is 0.545 e. The molecule has 0 bridgehead atoms. The Morgan fingerprint density at radius 3 is 1.21 bits per heavy atom. The summed E-state index contributed by atoms with van der Waals surface area (Å²) in [6, 6.07) is 4.61. The Bertz CT molecular complexity index is 290. The number of hydrogen-bond acceptors (Lipinski definition) is 4. The summed E-state index contributed by atoms with van der Waals surface area (Å²) in [5.41, 5.74) is -0.111. The molecule has 0 fully saturated rings. The Morgan fingerprint density at radius 1 is 0.857 bits per heavy atom. The normalized spacial score (nSPS) is 8.00. The largest absolute Gasteiger partial charge is 1.00 e. The maximum absolute atomic E-state index is 10.2. The summed E-state index contributed by atoms with van der Waals surface area (Å²) in [6.45, 7) is 0. The minimum absolute atomic E-state index is 0. The van der Waals surface area contributed by atoms with E-state index in [2.05, 4.69) is 0 Å². The van der Waals surface area contributed by atoms with Gasteiger partial charge in [0.2, 0.25) is 0 Å². The second kappa shape index (κ2) is 7.66. The summed E-state index contributed by atoms with van der Waals surface area (Å²) in [5.74, 6) is -2.67. The molecule has 0 spiro atoms. The van der Waals surface area contributed by atoms with E-state index in [0.717, 1.165) is 24.3 Å². The maximum atomic E-state index is 10.2. The summed E-state index contributed by atoms with van der Waals surface area (Å²) in [6.07, 6.45) is 0. The summed E-state index contributed by atoms with van der Waals surface area (Å²) in [7, 11) is 0. The Labute approximate surface area is 135 Å². The average molecular weight is 210 g/mol. The molecule has 0 saturated carbocycles. The summed E-state index contributed by atoms with van der Waals surface area (Å²) in [5, 5.41) is 20.4. The predicted molar refractivity (Wildman–Crippen MR) is 35.1 cm³/mol. The molecular formula is C8H4KLiO4. The van der Waals surface area contributed by atoms with E-state index < -0.39 is 11.9 Å². The van der Waals surface area contributed by atoms with Gasteiger partial charge in [-0.3, -0.25) is 0 Å². The second-order valence-corrected chi connectivity index (χ2v) is 2.15. The summed E-state index contributed by atoms with van der Waals surface area (Å²) < 4.78 is 0. The van der Waals surface area contributed by atoms with Crippen LogP contribution in [0, 0.1) is 0 Å². The molecule has 0 aliphatic heterocycles. The molecule has 1 aromatic carbocycles. The van der Waals surface area contributed by atoms with Crippen LogP contribution in [-0.4, -0.2) is 11.9 Å². The van der Waals surface area contributed by atoms with Gasteiger partial charge in [-0.15, -0.1) is 0 Å². The van der Waals surface area contributed by atoms with Crippen molar-refractivity contribution in [3.8, 4) is 0 Å². The van der Waals surface area contributed by atoms with Crippen LogP contribution in [0.5, 0.6) is 0 Å². The van der Waals surface area contributed by atoms with E-state index in [1.54, 1.807) is 0 Å². The van der Waals surface area contributed by atoms with E-state index in [1.807, 2.05) is 0 Å². The van der Waals surface area contributed by atoms with Crippen molar-refractivity contribution in [2.45, 2.75) is 0 Å². The van der Waals surface area contributed by atoms with Gasteiger partial charge in [-0.1, -0.05) is 24.3 Å². The first-order valence-electron chi connectivity index (χ1n) is 3.14. The van der Waals surface area contributed by atoms with Crippen molar-refractivity contribution in [3.63, 3.8) is 0 Å². The maximum Gasteiger partial charge on any atom is 1.00 e. The van der Waals surface area contributed by atoms with Gasteiger partial charge < -0.3 is 19.8 Å². The molecule has 62 valence electrons. The molecule has 4 nitrogen and oxygen atoms in total. The SMILES string of the molecule is O=C([O-])c1ccc(C(=O)[O-])cc1.[K+].[Li+]. The Kier molecular flexibility index (Phi) is 9.19. The van der Waals surface area contributed by atoms with Crippen molar-refractivity contribution in [1.82, 2.24) is 0 Å². The molecule has 0 radical (unpaired) electrons. The van der Waals surface area contributed by atoms with Crippen LogP contribution in [0.15, 0.2) is 24.3 Å². The van der Waals surface area contributed by atoms with E-state index in [1.165, 1.54) is 0 Å². The monoisotopic (exact) mass is 210 g/mol. The zero-order chi connectivity index (χ0) is 9.14. The molecule has 0 amide bonds. The molecule has 0 aliphatic carbocycles. The van der Waals surface area contributed by atoms with E-state index in [0.29, 0.717) is 0 Å². The number of carbonyl (C=O) groups excluding carboxylic acids is 2. The quantitative estimate of drug-likeness (QED) is 0.454. The average Bonchev–Trinajstić information content (AvgIpc) is 2.04. The van der Waals surface area contributed by atoms with Gasteiger partial charge >= 0.3 is 70.2 Å². The third-order valence-corrected chi connectivity index (χ3v) is 1.36. The fraction of sp³-hybridized carbons (Fsp3) is 0. The standard InChI is InChI=1S/C8H6O4.K.Li/c9-7(10)5-1-2-6(4-3-5)8(11)12;;/h1-4H,(H,9,10)(H,11,12);;/q;2*+1/p-2. The molecule has 0 unspecified atom stereocenters. The van der Waals surface area contributed by atoms with Crippen LogP contribution in [0.3, 0.4) is 0 Å². The molecule has 0 aromatic heterocycles. The molecule has 0 N–H and O–H groups in total. The van der Waals surface area contributed by atoms with Crippen molar-refractivity contribution in [2.24, 2.45) is 0 Å². The third-order valence-electron chi connectivity index (χ3n) is 1.36. The van der Waals surface area contributed by atoms with Gasteiger partial charge in [-0.05, 0) is 11.1 Å². The first-order chi connectivity index (χ1) is 5.61. The van der Waals surface area contributed by atoms with Crippen molar-refractivity contribution in [3.05, 3.63) is 35.4 Å². The molecular weight excluding hydrogens is 206 g/mol. The van der Waals surface area contributed by atoms with E-state index in [9.17, 15) is 19.8 Å². The van der Waals surface area contributed by atoms with Crippen LogP contribution in [0.2, 0.25) is 0 Å². The van der Waals surface area contributed by atoms with Gasteiger partial charge in [0, 0.05) is 0 Å². The molecule has 0 aliphatic rings. The first kappa shape index (κ1) is 16.8. The molecule has 14 heavy (non-hydrogen) atoms. The van der Waals surface area contributed by atoms with E-state index >= 15 is 0 Å². The Balaban J connectivity index is 0. The van der Waals surface area contributed by atoms with E-state index in [4.69, 9.17) is 0 Å². The molecule has 0 heterocycles. The summed E-state index contributed by atoms with van der Waals surface area (Å²) >= 11 is 0. The Morgan fingerprint density at radius 2 is 1.07 bits per heavy atom. The van der Waals surface area contributed by atoms with Crippen LogP contribution in [0.25, 0.3) is 0 Å². The van der Waals surface area contributed by atoms with Crippen molar-refractivity contribution in [2.75, 3.05) is 0 Å². The minimum atomic E-state index is -1.33. The fourth-order valence-electron chi connectivity index (χ4n) is 0.742. The molecule has 1 rings (SSSR count). The van der Waals surface area contributed by atoms with Crippen LogP contribution < -0.4 is 80.5 Å². The van der Waals surface area contributed by atoms with Crippen LogP contribution >= 0.6 is 0 Å². The minimum Gasteiger partial charge on any atom is -0.545 e. The van der Waals surface area contributed by atoms with Gasteiger partial charge in [0.25, 0.3) is 0 Å². The topological polar surface area (TPSA) is 80.3 Å². The predicted octanol–water partition coefficient (Wildman–Crippen LogP) is -7.58. The van der Waals surface area contributed by atoms with E-state index in [-0.39, 0.29) is 81.4 Å². The molecule has 1 aromatic rings. The number of carboxylic acid groups (broad SMARTS) is 2. The zero-order valence-corrected chi connectivity index (χ0v) is 11.1. The summed E-state index contributed by atoms with van der Waals surface area (Å²) in [4.78, 5) is 20.4. The van der Waals surface area contributed by atoms with Crippen molar-refractivity contribution in [1.29, 1.82) is 0 Å². The number of benzene rings is 1. The number of rotatable bonds is 2. The number of carboxylic acids is 2.